The zero-order valence-electron chi connectivity index (χ0n) is 15.1. The van der Waals surface area contributed by atoms with Crippen LogP contribution in [0.3, 0.4) is 0 Å². The third-order valence-electron chi connectivity index (χ3n) is 4.66. The van der Waals surface area contributed by atoms with Gasteiger partial charge in [0, 0.05) is 23.9 Å². The van der Waals surface area contributed by atoms with Crippen LogP contribution in [0.5, 0.6) is 5.75 Å². The molecular weight excluding hydrogens is 364 g/mol. The molecule has 2 aromatic rings. The molecule has 27 heavy (non-hydrogen) atoms. The summed E-state index contributed by atoms with van der Waals surface area (Å²) in [5, 5.41) is 8.90. The summed E-state index contributed by atoms with van der Waals surface area (Å²) in [6, 6.07) is 14.5. The number of amides is 1. The van der Waals surface area contributed by atoms with Gasteiger partial charge in [-0.2, -0.15) is 0 Å². The lowest BCUT2D eigenvalue weighted by Crippen LogP contribution is -2.32. The predicted molar refractivity (Wildman–Crippen MR) is 103 cm³/mol. The zero-order valence-corrected chi connectivity index (χ0v) is 15.9. The number of rotatable bonds is 6. The van der Waals surface area contributed by atoms with Gasteiger partial charge in [-0.15, -0.1) is 0 Å². The van der Waals surface area contributed by atoms with E-state index in [0.29, 0.717) is 16.9 Å². The number of carbonyl (C=O) groups excluding carboxylic acids is 2. The fraction of sp³-hybridized carbons (Fsp3) is 0.300. The molecule has 0 unspecified atom stereocenters. The third-order valence-corrected chi connectivity index (χ3v) is 5.83. The Bertz CT molecular complexity index is 819. The number of benzene rings is 2. The van der Waals surface area contributed by atoms with E-state index in [1.165, 1.54) is 11.9 Å². The first-order chi connectivity index (χ1) is 13.1. The monoisotopic (exact) mass is 386 g/mol. The molecule has 1 saturated heterocycles. The molecule has 0 radical (unpaired) electrons. The number of ether oxygens (including phenoxy) is 1. The number of carbonyl (C=O) groups is 2. The number of nitrogens with one attached hydrogen (secondary N) is 1. The predicted octanol–water partition coefficient (Wildman–Crippen LogP) is 3.42. The number of piperidine rings is 1. The molecule has 0 atom stereocenters. The summed E-state index contributed by atoms with van der Waals surface area (Å²) in [7, 11) is 1.57. The lowest BCUT2D eigenvalue weighted by Gasteiger charge is -2.30. The van der Waals surface area contributed by atoms with Gasteiger partial charge in [-0.3, -0.25) is 14.8 Å². The summed E-state index contributed by atoms with van der Waals surface area (Å²) < 4.78 is 7.46. The van der Waals surface area contributed by atoms with E-state index in [0.717, 1.165) is 30.8 Å². The number of ketones is 1. The molecule has 2 N–H and O–H groups in total. The Morgan fingerprint density at radius 2 is 1.70 bits per heavy atom. The van der Waals surface area contributed by atoms with Crippen molar-refractivity contribution in [2.24, 2.45) is 5.92 Å². The number of nitrogens with zero attached hydrogens (tertiary/aromatic N) is 1. The highest BCUT2D eigenvalue weighted by molar-refractivity contribution is 7.97. The Hall–Kier alpha value is -2.35. The molecule has 1 heterocycles. The molecule has 1 fully saturated rings. The molecule has 142 valence electrons. The average Bonchev–Trinajstić information content (AvgIpc) is 2.73. The van der Waals surface area contributed by atoms with E-state index in [1.807, 2.05) is 30.3 Å². The number of Topliss-reactive ketones (excluding diaryl/α,β-unsaturated/α-hetero) is 1. The fourth-order valence-corrected chi connectivity index (χ4v) is 4.28. The number of hydrogen-bond acceptors (Lipinski definition) is 6. The molecule has 2 aromatic carbocycles. The Balaban J connectivity index is 1.63. The molecule has 0 saturated carbocycles. The summed E-state index contributed by atoms with van der Waals surface area (Å²) in [6.07, 6.45) is 1.50. The van der Waals surface area contributed by atoms with Gasteiger partial charge in [0.05, 0.1) is 18.2 Å². The van der Waals surface area contributed by atoms with Gasteiger partial charge in [0.1, 0.15) is 5.75 Å². The van der Waals surface area contributed by atoms with Crippen LogP contribution in [0.15, 0.2) is 53.4 Å². The van der Waals surface area contributed by atoms with Crippen molar-refractivity contribution in [3.63, 3.8) is 0 Å². The minimum atomic E-state index is -0.528. The van der Waals surface area contributed by atoms with Gasteiger partial charge in [0.2, 0.25) is 0 Å². The van der Waals surface area contributed by atoms with E-state index in [1.54, 1.807) is 30.8 Å². The molecule has 1 amide bonds. The average molecular weight is 386 g/mol. The van der Waals surface area contributed by atoms with Crippen molar-refractivity contribution >= 4 is 23.6 Å². The van der Waals surface area contributed by atoms with Crippen LogP contribution in [0.25, 0.3) is 0 Å². The zero-order chi connectivity index (χ0) is 19.2. The molecule has 0 spiro atoms. The minimum Gasteiger partial charge on any atom is -0.496 e. The number of methoxy groups -OCH3 is 1. The Morgan fingerprint density at radius 1 is 1.07 bits per heavy atom. The molecule has 0 aromatic heterocycles. The highest BCUT2D eigenvalue weighted by Crippen LogP contribution is 2.32. The van der Waals surface area contributed by atoms with Crippen LogP contribution in [0, 0.1) is 5.92 Å². The van der Waals surface area contributed by atoms with Crippen molar-refractivity contribution in [3.05, 3.63) is 59.7 Å². The van der Waals surface area contributed by atoms with Crippen LogP contribution < -0.4 is 10.2 Å². The quantitative estimate of drug-likeness (QED) is 0.343. The summed E-state index contributed by atoms with van der Waals surface area (Å²) in [5.41, 5.74) is 2.75. The Morgan fingerprint density at radius 3 is 2.37 bits per heavy atom. The third kappa shape index (κ3) is 4.50. The Labute approximate surface area is 162 Å². The maximum atomic E-state index is 12.8. The summed E-state index contributed by atoms with van der Waals surface area (Å²) >= 11 is 1.48. The highest BCUT2D eigenvalue weighted by Gasteiger charge is 2.28. The summed E-state index contributed by atoms with van der Waals surface area (Å²) in [5.74, 6) is 0.175. The minimum absolute atomic E-state index is 0.0332. The van der Waals surface area contributed by atoms with E-state index >= 15 is 0 Å². The lowest BCUT2D eigenvalue weighted by atomic mass is 9.89. The van der Waals surface area contributed by atoms with Crippen LogP contribution in [0.1, 0.15) is 33.6 Å². The first kappa shape index (κ1) is 19.4. The van der Waals surface area contributed by atoms with Crippen molar-refractivity contribution in [2.75, 3.05) is 20.2 Å². The number of para-hydroxylation sites is 1. The van der Waals surface area contributed by atoms with E-state index < -0.39 is 5.91 Å². The molecule has 1 aliphatic heterocycles. The van der Waals surface area contributed by atoms with Gasteiger partial charge in [0.15, 0.2) is 5.78 Å². The fourth-order valence-electron chi connectivity index (χ4n) is 3.21. The van der Waals surface area contributed by atoms with Crippen LogP contribution in [0.2, 0.25) is 0 Å². The van der Waals surface area contributed by atoms with Gasteiger partial charge in [-0.05, 0) is 49.1 Å². The smallest absolute Gasteiger partial charge is 0.275 e. The second-order valence-corrected chi connectivity index (χ2v) is 7.43. The van der Waals surface area contributed by atoms with Gasteiger partial charge in [0.25, 0.3) is 5.91 Å². The largest absolute Gasteiger partial charge is 0.496 e. The van der Waals surface area contributed by atoms with Crippen molar-refractivity contribution in [1.82, 2.24) is 9.79 Å². The standard InChI is InChI=1S/C20H22N2O4S/c1-26-17-8-4-2-6-15(17)19(23)14-10-12-22(13-11-14)27-18-9-5-3-7-16(18)20(24)21-25/h2-9,14,25H,10-13H2,1H3,(H,21,24). The normalized spacial score (nSPS) is 15.3. The van der Waals surface area contributed by atoms with Crippen molar-refractivity contribution in [2.45, 2.75) is 17.7 Å². The van der Waals surface area contributed by atoms with Gasteiger partial charge in [-0.25, -0.2) is 9.79 Å². The number of hydrogen-bond donors (Lipinski definition) is 2. The SMILES string of the molecule is COc1ccccc1C(=O)C1CCN(Sc2ccccc2C(=O)NO)CC1. The van der Waals surface area contributed by atoms with E-state index in [2.05, 4.69) is 4.31 Å². The van der Waals surface area contributed by atoms with Crippen LogP contribution >= 0.6 is 11.9 Å². The molecule has 0 aliphatic carbocycles. The maximum absolute atomic E-state index is 12.8. The van der Waals surface area contributed by atoms with Gasteiger partial charge in [-0.1, -0.05) is 24.3 Å². The first-order valence-electron chi connectivity index (χ1n) is 8.77. The summed E-state index contributed by atoms with van der Waals surface area (Å²) in [6.45, 7) is 1.48. The second kappa shape index (κ2) is 9.03. The Kier molecular flexibility index (Phi) is 6.49. The second-order valence-electron chi connectivity index (χ2n) is 6.30. The highest BCUT2D eigenvalue weighted by atomic mass is 32.2. The number of hydroxylamine groups is 1. The van der Waals surface area contributed by atoms with Gasteiger partial charge < -0.3 is 4.74 Å². The molecule has 0 bridgehead atoms. The molecule has 3 rings (SSSR count). The maximum Gasteiger partial charge on any atom is 0.275 e. The molecule has 1 aliphatic rings. The van der Waals surface area contributed by atoms with Crippen molar-refractivity contribution in [1.29, 1.82) is 0 Å². The first-order valence-corrected chi connectivity index (χ1v) is 9.55. The van der Waals surface area contributed by atoms with Crippen LogP contribution in [0.4, 0.5) is 0 Å². The lowest BCUT2D eigenvalue weighted by molar-refractivity contribution is 0.0703. The van der Waals surface area contributed by atoms with Gasteiger partial charge >= 0.3 is 0 Å². The summed E-state index contributed by atoms with van der Waals surface area (Å²) in [4.78, 5) is 25.4. The van der Waals surface area contributed by atoms with Crippen LogP contribution in [-0.4, -0.2) is 41.4 Å². The van der Waals surface area contributed by atoms with E-state index in [9.17, 15) is 9.59 Å². The molecular formula is C20H22N2O4S. The van der Waals surface area contributed by atoms with E-state index in [-0.39, 0.29) is 11.7 Å². The molecule has 6 nitrogen and oxygen atoms in total. The van der Waals surface area contributed by atoms with Crippen molar-refractivity contribution < 1.29 is 19.5 Å². The topological polar surface area (TPSA) is 78.9 Å². The molecule has 7 heteroatoms. The van der Waals surface area contributed by atoms with E-state index in [4.69, 9.17) is 9.94 Å². The van der Waals surface area contributed by atoms with Crippen molar-refractivity contribution in [3.8, 4) is 5.75 Å². The van der Waals surface area contributed by atoms with Crippen LogP contribution in [-0.2, 0) is 0 Å².